The van der Waals surface area contributed by atoms with E-state index in [1.807, 2.05) is 0 Å². The van der Waals surface area contributed by atoms with Crippen LogP contribution in [0.25, 0.3) is 15.4 Å². The van der Waals surface area contributed by atoms with Crippen LogP contribution in [0.3, 0.4) is 0 Å². The smallest absolute Gasteiger partial charge is 0.379 e. The Morgan fingerprint density at radius 2 is 1.90 bits per heavy atom. The van der Waals surface area contributed by atoms with E-state index in [9.17, 15) is 18.0 Å². The zero-order chi connectivity index (χ0) is 20.4. The van der Waals surface area contributed by atoms with E-state index in [4.69, 9.17) is 4.74 Å². The molecular weight excluding hydrogens is 405 g/mol. The number of hydrogen-bond donors (Lipinski definition) is 1. The zero-order valence-electron chi connectivity index (χ0n) is 15.4. The highest BCUT2D eigenvalue weighted by Crippen LogP contribution is 2.33. The van der Waals surface area contributed by atoms with Gasteiger partial charge in [0.2, 0.25) is 0 Å². The number of fused-ring (bicyclic) bond motifs is 1. The summed E-state index contributed by atoms with van der Waals surface area (Å²) in [6.45, 7) is 4.45. The molecule has 1 N–H and O–H groups in total. The molecule has 4 rings (SSSR count). The summed E-state index contributed by atoms with van der Waals surface area (Å²) in [4.78, 5) is 20.3. The minimum atomic E-state index is -4.35. The van der Waals surface area contributed by atoms with Gasteiger partial charge in [-0.15, -0.1) is 0 Å². The van der Waals surface area contributed by atoms with Crippen molar-refractivity contribution in [1.29, 1.82) is 0 Å². The number of morpholine rings is 1. The molecule has 0 bridgehead atoms. The number of thiazole rings is 1. The second-order valence-electron chi connectivity index (χ2n) is 6.70. The average Bonchev–Trinajstić information content (AvgIpc) is 3.27. The maximum Gasteiger partial charge on any atom is 0.416 e. The number of amides is 1. The van der Waals surface area contributed by atoms with Crippen LogP contribution in [0, 0.1) is 0 Å². The van der Waals surface area contributed by atoms with Crippen LogP contribution < -0.4 is 5.32 Å². The van der Waals surface area contributed by atoms with Gasteiger partial charge >= 0.3 is 6.18 Å². The van der Waals surface area contributed by atoms with Crippen LogP contribution in [0.5, 0.6) is 0 Å². The van der Waals surface area contributed by atoms with E-state index < -0.39 is 11.7 Å². The van der Waals surface area contributed by atoms with Crippen LogP contribution in [-0.2, 0) is 10.9 Å². The van der Waals surface area contributed by atoms with Crippen molar-refractivity contribution in [2.75, 3.05) is 39.4 Å². The van der Waals surface area contributed by atoms with E-state index in [0.717, 1.165) is 36.6 Å². The zero-order valence-corrected chi connectivity index (χ0v) is 16.2. The lowest BCUT2D eigenvalue weighted by Gasteiger charge is -2.26. The third-order valence-electron chi connectivity index (χ3n) is 4.70. The summed E-state index contributed by atoms with van der Waals surface area (Å²) in [6, 6.07) is 5.00. The Morgan fingerprint density at radius 1 is 1.17 bits per heavy atom. The first-order chi connectivity index (χ1) is 13.9. The molecule has 2 aromatic heterocycles. The van der Waals surface area contributed by atoms with Crippen LogP contribution >= 0.6 is 11.3 Å². The molecule has 1 amide bonds. The Bertz CT molecular complexity index is 960. The van der Waals surface area contributed by atoms with Crippen LogP contribution in [-0.4, -0.2) is 59.6 Å². The van der Waals surface area contributed by atoms with E-state index in [-0.39, 0.29) is 5.91 Å². The fourth-order valence-corrected chi connectivity index (χ4v) is 4.08. The number of nitrogens with one attached hydrogen (secondary N) is 1. The standard InChI is InChI=1S/C19H19F3N4O2S/c20-19(21,22)14-3-1-13(2-4-14)16-12-26-11-15(24-18(26)29-16)17(27)23-5-6-25-7-9-28-10-8-25/h1-4,11-12H,5-10H2,(H,23,27). The number of rotatable bonds is 5. The normalized spacial score (nSPS) is 15.7. The maximum atomic E-state index is 12.7. The van der Waals surface area contributed by atoms with Crippen LogP contribution in [0.1, 0.15) is 16.1 Å². The van der Waals surface area contributed by atoms with Crippen LogP contribution in [0.4, 0.5) is 13.2 Å². The van der Waals surface area contributed by atoms with Crippen molar-refractivity contribution in [3.05, 3.63) is 47.9 Å². The van der Waals surface area contributed by atoms with Gasteiger partial charge in [0, 0.05) is 38.6 Å². The lowest BCUT2D eigenvalue weighted by atomic mass is 10.1. The van der Waals surface area contributed by atoms with Crippen molar-refractivity contribution < 1.29 is 22.7 Å². The summed E-state index contributed by atoms with van der Waals surface area (Å²) < 4.78 is 45.1. The fourth-order valence-electron chi connectivity index (χ4n) is 3.10. The summed E-state index contributed by atoms with van der Waals surface area (Å²) in [5.41, 5.74) is 0.306. The first-order valence-electron chi connectivity index (χ1n) is 9.14. The van der Waals surface area contributed by atoms with E-state index in [0.29, 0.717) is 36.0 Å². The predicted octanol–water partition coefficient (Wildman–Crippen LogP) is 3.14. The highest BCUT2D eigenvalue weighted by molar-refractivity contribution is 7.20. The minimum Gasteiger partial charge on any atom is -0.379 e. The van der Waals surface area contributed by atoms with Crippen LogP contribution in [0.15, 0.2) is 36.7 Å². The number of nitrogens with zero attached hydrogens (tertiary/aromatic N) is 3. The van der Waals surface area contributed by atoms with Gasteiger partial charge in [0.15, 0.2) is 4.96 Å². The van der Waals surface area contributed by atoms with E-state index in [2.05, 4.69) is 15.2 Å². The molecule has 0 saturated carbocycles. The van der Waals surface area contributed by atoms with Crippen molar-refractivity contribution in [2.24, 2.45) is 0 Å². The van der Waals surface area contributed by atoms with Crippen molar-refractivity contribution in [2.45, 2.75) is 6.18 Å². The van der Waals surface area contributed by atoms with Gasteiger partial charge in [-0.05, 0) is 17.7 Å². The van der Waals surface area contributed by atoms with Gasteiger partial charge < -0.3 is 10.1 Å². The Balaban J connectivity index is 1.39. The molecule has 10 heteroatoms. The van der Waals surface area contributed by atoms with Gasteiger partial charge in [-0.1, -0.05) is 23.5 Å². The van der Waals surface area contributed by atoms with E-state index in [1.54, 1.807) is 16.8 Å². The lowest BCUT2D eigenvalue weighted by molar-refractivity contribution is -0.137. The third-order valence-corrected chi connectivity index (χ3v) is 5.75. The molecule has 0 radical (unpaired) electrons. The molecule has 3 aromatic rings. The van der Waals surface area contributed by atoms with E-state index in [1.165, 1.54) is 23.5 Å². The number of carbonyl (C=O) groups is 1. The second kappa shape index (κ2) is 8.13. The highest BCUT2D eigenvalue weighted by atomic mass is 32.1. The Labute approximate surface area is 168 Å². The molecule has 0 unspecified atom stereocenters. The van der Waals surface area contributed by atoms with E-state index >= 15 is 0 Å². The van der Waals surface area contributed by atoms with Crippen molar-refractivity contribution >= 4 is 22.2 Å². The highest BCUT2D eigenvalue weighted by Gasteiger charge is 2.30. The van der Waals surface area contributed by atoms with Crippen molar-refractivity contribution in [1.82, 2.24) is 19.6 Å². The monoisotopic (exact) mass is 424 g/mol. The molecule has 3 heterocycles. The molecule has 29 heavy (non-hydrogen) atoms. The Hall–Kier alpha value is -2.43. The first-order valence-corrected chi connectivity index (χ1v) is 9.96. The molecule has 0 atom stereocenters. The number of ether oxygens (including phenoxy) is 1. The molecular formula is C19H19F3N4O2S. The number of carbonyl (C=O) groups excluding carboxylic acids is 1. The number of imidazole rings is 1. The second-order valence-corrected chi connectivity index (χ2v) is 7.71. The third kappa shape index (κ3) is 4.60. The first kappa shape index (κ1) is 19.9. The quantitative estimate of drug-likeness (QED) is 0.684. The van der Waals surface area contributed by atoms with Gasteiger partial charge in [-0.2, -0.15) is 13.2 Å². The largest absolute Gasteiger partial charge is 0.416 e. The number of benzene rings is 1. The topological polar surface area (TPSA) is 58.9 Å². The molecule has 1 saturated heterocycles. The summed E-state index contributed by atoms with van der Waals surface area (Å²) >= 11 is 1.32. The summed E-state index contributed by atoms with van der Waals surface area (Å²) in [6.07, 6.45) is -0.962. The molecule has 1 aliphatic heterocycles. The number of hydrogen-bond acceptors (Lipinski definition) is 5. The number of alkyl halides is 3. The summed E-state index contributed by atoms with van der Waals surface area (Å²) in [5.74, 6) is -0.245. The molecule has 1 aromatic carbocycles. The fraction of sp³-hybridized carbons (Fsp3) is 0.368. The number of halogens is 3. The SMILES string of the molecule is O=C(NCCN1CCOCC1)c1cn2cc(-c3ccc(C(F)(F)F)cc3)sc2n1. The van der Waals surface area contributed by atoms with Gasteiger partial charge in [0.25, 0.3) is 5.91 Å². The van der Waals surface area contributed by atoms with Crippen LogP contribution in [0.2, 0.25) is 0 Å². The molecule has 0 spiro atoms. The van der Waals surface area contributed by atoms with Gasteiger partial charge in [-0.3, -0.25) is 14.1 Å². The average molecular weight is 424 g/mol. The van der Waals surface area contributed by atoms with Gasteiger partial charge in [0.1, 0.15) is 5.69 Å². The molecule has 0 aliphatic carbocycles. The minimum absolute atomic E-state index is 0.245. The summed E-state index contributed by atoms with van der Waals surface area (Å²) in [7, 11) is 0. The molecule has 1 aliphatic rings. The summed E-state index contributed by atoms with van der Waals surface area (Å²) in [5, 5.41) is 2.86. The maximum absolute atomic E-state index is 12.7. The lowest BCUT2D eigenvalue weighted by Crippen LogP contribution is -2.41. The molecule has 1 fully saturated rings. The molecule has 154 valence electrons. The van der Waals surface area contributed by atoms with Gasteiger partial charge in [0.05, 0.1) is 23.7 Å². The Kier molecular flexibility index (Phi) is 5.57. The Morgan fingerprint density at radius 3 is 2.55 bits per heavy atom. The van der Waals surface area contributed by atoms with Gasteiger partial charge in [-0.25, -0.2) is 4.98 Å². The van der Waals surface area contributed by atoms with Crippen molar-refractivity contribution in [3.8, 4) is 10.4 Å². The molecule has 6 nitrogen and oxygen atoms in total. The van der Waals surface area contributed by atoms with Crippen molar-refractivity contribution in [3.63, 3.8) is 0 Å². The predicted molar refractivity (Wildman–Crippen MR) is 103 cm³/mol. The number of aromatic nitrogens is 2.